The molecule has 5 atom stereocenters. The molecule has 11 heteroatoms. The van der Waals surface area contributed by atoms with Crippen LogP contribution in [0.1, 0.15) is 44.9 Å². The van der Waals surface area contributed by atoms with Crippen molar-refractivity contribution in [3.8, 4) is 0 Å². The number of alkyl halides is 4. The molecule has 0 radical (unpaired) electrons. The standard InChI is InChI=1S/C20H33ClF3N5O2/c1-27(18(31)11-30)19(20(22,23)24)12-4-6-13(7-5-12)28-8-2-3-14-15(28)10-25-17-9-16(21)26-29(14)17/h12-17,19,25-26,30H,2-11H2,1H3/t12?,13?,14?,15?,16?,17?,19-/m0/s1. The number of rotatable bonds is 4. The van der Waals surface area contributed by atoms with Crippen LogP contribution in [0.4, 0.5) is 13.2 Å². The number of aliphatic hydroxyl groups is 1. The van der Waals surface area contributed by atoms with E-state index in [4.69, 9.17) is 16.7 Å². The topological polar surface area (TPSA) is 71.1 Å². The maximum Gasteiger partial charge on any atom is 0.409 e. The summed E-state index contributed by atoms with van der Waals surface area (Å²) < 4.78 is 41.3. The van der Waals surface area contributed by atoms with E-state index in [1.807, 2.05) is 0 Å². The van der Waals surface area contributed by atoms with Crippen LogP contribution < -0.4 is 10.7 Å². The number of fused-ring (bicyclic) bond motifs is 3. The maximum absolute atomic E-state index is 13.8. The van der Waals surface area contributed by atoms with E-state index < -0.39 is 30.7 Å². The van der Waals surface area contributed by atoms with E-state index in [0.717, 1.165) is 39.4 Å². The molecule has 4 rings (SSSR count). The summed E-state index contributed by atoms with van der Waals surface area (Å²) in [6, 6.07) is -0.908. The first kappa shape index (κ1) is 23.5. The van der Waals surface area contributed by atoms with E-state index in [1.54, 1.807) is 0 Å². The molecule has 0 bridgehead atoms. The van der Waals surface area contributed by atoms with Crippen LogP contribution >= 0.6 is 11.6 Å². The van der Waals surface area contributed by atoms with Gasteiger partial charge in [0, 0.05) is 38.1 Å². The summed E-state index contributed by atoms with van der Waals surface area (Å²) in [5, 5.41) is 14.9. The third-order valence-electron chi connectivity index (χ3n) is 7.70. The normalized spacial score (nSPS) is 38.4. The number of aliphatic hydroxyl groups excluding tert-OH is 1. The smallest absolute Gasteiger partial charge is 0.387 e. The highest BCUT2D eigenvalue weighted by molar-refractivity contribution is 6.20. The first-order valence-electron chi connectivity index (χ1n) is 11.3. The van der Waals surface area contributed by atoms with Crippen LogP contribution in [0.2, 0.25) is 0 Å². The Bertz CT molecular complexity index is 649. The lowest BCUT2D eigenvalue weighted by Gasteiger charge is -2.53. The Morgan fingerprint density at radius 2 is 1.94 bits per heavy atom. The van der Waals surface area contributed by atoms with Crippen molar-refractivity contribution in [1.29, 1.82) is 0 Å². The fourth-order valence-corrected chi connectivity index (χ4v) is 6.57. The molecule has 7 nitrogen and oxygen atoms in total. The zero-order valence-electron chi connectivity index (χ0n) is 17.8. The molecular formula is C20H33ClF3N5O2. The molecule has 31 heavy (non-hydrogen) atoms. The van der Waals surface area contributed by atoms with E-state index in [9.17, 15) is 18.0 Å². The third-order valence-corrected chi connectivity index (χ3v) is 7.98. The minimum absolute atomic E-state index is 0.0695. The van der Waals surface area contributed by atoms with Gasteiger partial charge in [-0.05, 0) is 51.0 Å². The second-order valence-corrected chi connectivity index (χ2v) is 9.92. The molecule has 1 saturated carbocycles. The molecular weight excluding hydrogens is 435 g/mol. The summed E-state index contributed by atoms with van der Waals surface area (Å²) in [5.74, 6) is -1.52. The van der Waals surface area contributed by atoms with Gasteiger partial charge >= 0.3 is 6.18 Å². The van der Waals surface area contributed by atoms with Gasteiger partial charge in [-0.25, -0.2) is 10.4 Å². The van der Waals surface area contributed by atoms with Crippen molar-refractivity contribution in [2.75, 3.05) is 26.7 Å². The number of carbonyl (C=O) groups excluding carboxylic acids is 1. The molecule has 0 aromatic carbocycles. The van der Waals surface area contributed by atoms with E-state index >= 15 is 0 Å². The summed E-state index contributed by atoms with van der Waals surface area (Å²) in [5.41, 5.74) is 3.30. The van der Waals surface area contributed by atoms with Crippen LogP contribution in [0.5, 0.6) is 0 Å². The van der Waals surface area contributed by atoms with Crippen molar-refractivity contribution in [3.05, 3.63) is 0 Å². The van der Waals surface area contributed by atoms with Crippen LogP contribution in [0.25, 0.3) is 0 Å². The van der Waals surface area contributed by atoms with Crippen molar-refractivity contribution in [1.82, 2.24) is 25.6 Å². The molecule has 1 amide bonds. The number of piperidine rings is 1. The van der Waals surface area contributed by atoms with E-state index in [0.29, 0.717) is 42.7 Å². The Balaban J connectivity index is 1.40. The molecule has 3 heterocycles. The summed E-state index contributed by atoms with van der Waals surface area (Å²) >= 11 is 6.30. The highest BCUT2D eigenvalue weighted by atomic mass is 35.5. The van der Waals surface area contributed by atoms with Gasteiger partial charge in [-0.3, -0.25) is 15.0 Å². The molecule has 3 aliphatic heterocycles. The molecule has 4 unspecified atom stereocenters. The van der Waals surface area contributed by atoms with Crippen LogP contribution in [-0.4, -0.2) is 94.6 Å². The van der Waals surface area contributed by atoms with E-state index in [-0.39, 0.29) is 17.7 Å². The average molecular weight is 468 g/mol. The van der Waals surface area contributed by atoms with Crippen molar-refractivity contribution in [3.63, 3.8) is 0 Å². The van der Waals surface area contributed by atoms with Gasteiger partial charge in [0.05, 0.1) is 11.7 Å². The van der Waals surface area contributed by atoms with Gasteiger partial charge < -0.3 is 10.0 Å². The highest BCUT2D eigenvalue weighted by Gasteiger charge is 2.51. The van der Waals surface area contributed by atoms with Crippen LogP contribution in [0.15, 0.2) is 0 Å². The predicted molar refractivity (Wildman–Crippen MR) is 110 cm³/mol. The Morgan fingerprint density at radius 3 is 2.58 bits per heavy atom. The molecule has 0 aromatic heterocycles. The molecule has 4 fully saturated rings. The lowest BCUT2D eigenvalue weighted by atomic mass is 9.78. The Labute approximate surface area is 186 Å². The van der Waals surface area contributed by atoms with Crippen LogP contribution in [0, 0.1) is 5.92 Å². The number of hydrazine groups is 1. The second-order valence-electron chi connectivity index (χ2n) is 9.40. The number of halogens is 4. The number of likely N-dealkylation sites (N-methyl/N-ethyl adjacent to an activating group) is 1. The van der Waals surface area contributed by atoms with E-state index in [1.165, 1.54) is 0 Å². The predicted octanol–water partition coefficient (Wildman–Crippen LogP) is 1.46. The number of amides is 1. The van der Waals surface area contributed by atoms with Gasteiger partial charge in [-0.15, -0.1) is 11.6 Å². The van der Waals surface area contributed by atoms with Gasteiger partial charge in [-0.2, -0.15) is 13.2 Å². The first-order chi connectivity index (χ1) is 14.7. The lowest BCUT2D eigenvalue weighted by molar-refractivity contribution is -0.202. The number of nitrogens with one attached hydrogen (secondary N) is 2. The first-order valence-corrected chi connectivity index (χ1v) is 11.7. The largest absolute Gasteiger partial charge is 0.409 e. The van der Waals surface area contributed by atoms with Crippen LogP contribution in [-0.2, 0) is 4.79 Å². The van der Waals surface area contributed by atoms with Crippen molar-refractivity contribution in [2.24, 2.45) is 5.92 Å². The number of hydrogen-bond donors (Lipinski definition) is 3. The number of likely N-dealkylation sites (tertiary alicyclic amines) is 1. The van der Waals surface area contributed by atoms with Gasteiger partial charge in [0.1, 0.15) is 12.6 Å². The van der Waals surface area contributed by atoms with Crippen molar-refractivity contribution >= 4 is 17.5 Å². The Hall–Kier alpha value is -0.650. The summed E-state index contributed by atoms with van der Waals surface area (Å²) in [6.45, 7) is 0.930. The van der Waals surface area contributed by atoms with Crippen molar-refractivity contribution < 1.29 is 23.1 Å². The number of carbonyl (C=O) groups is 1. The second kappa shape index (κ2) is 9.30. The zero-order valence-corrected chi connectivity index (χ0v) is 18.6. The molecule has 1 aliphatic carbocycles. The summed E-state index contributed by atoms with van der Waals surface area (Å²) in [6.07, 6.45) is 0.984. The minimum atomic E-state index is -4.50. The molecule has 3 N–H and O–H groups in total. The molecule has 0 aromatic rings. The zero-order chi connectivity index (χ0) is 22.3. The third kappa shape index (κ3) is 4.70. The SMILES string of the molecule is CN(C(=O)CO)[C@@H](C1CCC(N2CCCC3C2CNC2CC(Cl)NN23)CC1)C(F)(F)F. The minimum Gasteiger partial charge on any atom is -0.387 e. The van der Waals surface area contributed by atoms with Gasteiger partial charge in [0.15, 0.2) is 0 Å². The van der Waals surface area contributed by atoms with Crippen LogP contribution in [0.3, 0.4) is 0 Å². The highest BCUT2D eigenvalue weighted by Crippen LogP contribution is 2.40. The molecule has 178 valence electrons. The Kier molecular flexibility index (Phi) is 7.06. The van der Waals surface area contributed by atoms with E-state index in [2.05, 4.69) is 20.7 Å². The number of nitrogens with zero attached hydrogens (tertiary/aromatic N) is 3. The Morgan fingerprint density at radius 1 is 1.23 bits per heavy atom. The lowest BCUT2D eigenvalue weighted by Crippen LogP contribution is -2.70. The van der Waals surface area contributed by atoms with Gasteiger partial charge in [0.2, 0.25) is 5.91 Å². The quantitative estimate of drug-likeness (QED) is 0.429. The summed E-state index contributed by atoms with van der Waals surface area (Å²) in [4.78, 5) is 15.0. The fraction of sp³-hybridized carbons (Fsp3) is 0.950. The molecule has 0 spiro atoms. The summed E-state index contributed by atoms with van der Waals surface area (Å²) in [7, 11) is 1.15. The average Bonchev–Trinajstić information content (AvgIpc) is 3.13. The van der Waals surface area contributed by atoms with Gasteiger partial charge in [-0.1, -0.05) is 0 Å². The van der Waals surface area contributed by atoms with Gasteiger partial charge in [0.25, 0.3) is 0 Å². The molecule has 4 aliphatic rings. The monoisotopic (exact) mass is 467 g/mol. The molecule has 3 saturated heterocycles. The number of hydrogen-bond acceptors (Lipinski definition) is 6. The maximum atomic E-state index is 13.8. The van der Waals surface area contributed by atoms with Crippen molar-refractivity contribution in [2.45, 2.75) is 87.0 Å². The fourth-order valence-electron chi connectivity index (χ4n) is 6.29.